The summed E-state index contributed by atoms with van der Waals surface area (Å²) in [6, 6.07) is 4.45. The lowest BCUT2D eigenvalue weighted by molar-refractivity contribution is -0.137. The van der Waals surface area contributed by atoms with Crippen LogP contribution < -0.4 is 10.8 Å². The molecule has 0 atom stereocenters. The topological polar surface area (TPSA) is 91.3 Å². The number of aromatic nitrogens is 1. The number of aryl methyl sites for hydroxylation is 1. The van der Waals surface area contributed by atoms with E-state index >= 15 is 0 Å². The highest BCUT2D eigenvalue weighted by molar-refractivity contribution is 7.10. The van der Waals surface area contributed by atoms with Crippen LogP contribution in [-0.4, -0.2) is 28.6 Å². The highest BCUT2D eigenvalue weighted by Gasteiger charge is 2.30. The predicted molar refractivity (Wildman–Crippen MR) is 108 cm³/mol. The molecular weight excluding hydrogens is 419 g/mol. The van der Waals surface area contributed by atoms with Gasteiger partial charge in [0.15, 0.2) is 0 Å². The maximum absolute atomic E-state index is 12.8. The number of alkyl halides is 3. The van der Waals surface area contributed by atoms with Crippen LogP contribution in [0.3, 0.4) is 0 Å². The molecule has 1 heterocycles. The van der Waals surface area contributed by atoms with E-state index in [4.69, 9.17) is 5.21 Å². The normalized spacial score (nSPS) is 12.0. The molecule has 10 heteroatoms. The van der Waals surface area contributed by atoms with Crippen molar-refractivity contribution in [3.8, 4) is 0 Å². The summed E-state index contributed by atoms with van der Waals surface area (Å²) >= 11 is 1.33. The monoisotopic (exact) mass is 441 g/mol. The molecule has 2 rings (SSSR count). The van der Waals surface area contributed by atoms with Crippen LogP contribution >= 0.6 is 11.3 Å². The third-order valence-corrected chi connectivity index (χ3v) is 5.19. The van der Waals surface area contributed by atoms with Gasteiger partial charge in [0.05, 0.1) is 21.6 Å². The first kappa shape index (κ1) is 23.6. The van der Waals surface area contributed by atoms with Gasteiger partial charge >= 0.3 is 6.18 Å². The van der Waals surface area contributed by atoms with Crippen molar-refractivity contribution in [1.29, 1.82) is 0 Å². The number of carbonyl (C=O) groups excluding carboxylic acids is 2. The Labute approximate surface area is 175 Å². The van der Waals surface area contributed by atoms with Crippen molar-refractivity contribution in [3.05, 3.63) is 51.5 Å². The largest absolute Gasteiger partial charge is 0.416 e. The maximum Gasteiger partial charge on any atom is 0.416 e. The molecule has 30 heavy (non-hydrogen) atoms. The van der Waals surface area contributed by atoms with Gasteiger partial charge in [-0.3, -0.25) is 14.8 Å². The Morgan fingerprint density at radius 1 is 1.17 bits per heavy atom. The van der Waals surface area contributed by atoms with Crippen molar-refractivity contribution in [2.24, 2.45) is 0 Å². The van der Waals surface area contributed by atoms with Gasteiger partial charge in [0.1, 0.15) is 0 Å². The lowest BCUT2D eigenvalue weighted by Crippen LogP contribution is -2.25. The molecule has 3 N–H and O–H groups in total. The molecule has 0 spiro atoms. The molecule has 0 aliphatic carbocycles. The van der Waals surface area contributed by atoms with Crippen LogP contribution in [0.1, 0.15) is 47.4 Å². The summed E-state index contributed by atoms with van der Waals surface area (Å²) in [5, 5.41) is 11.2. The Morgan fingerprint density at radius 3 is 2.43 bits per heavy atom. The molecule has 0 aliphatic rings. The minimum Gasteiger partial charge on any atom is -0.352 e. The molecule has 1 aromatic heterocycles. The van der Waals surface area contributed by atoms with Crippen molar-refractivity contribution in [2.45, 2.75) is 38.8 Å². The Morgan fingerprint density at radius 2 is 1.87 bits per heavy atom. The highest BCUT2D eigenvalue weighted by Crippen LogP contribution is 2.31. The molecule has 2 amide bonds. The Hall–Kier alpha value is -2.72. The summed E-state index contributed by atoms with van der Waals surface area (Å²) < 4.78 is 38.5. The zero-order chi connectivity index (χ0) is 22.1. The average Bonchev–Trinajstić information content (AvgIpc) is 3.12. The summed E-state index contributed by atoms with van der Waals surface area (Å²) in [4.78, 5) is 28.6. The molecule has 2 aromatic rings. The average molecular weight is 441 g/mol. The second-order valence-corrected chi connectivity index (χ2v) is 7.42. The Bertz CT molecular complexity index is 893. The lowest BCUT2D eigenvalue weighted by atomic mass is 10.0. The molecule has 162 valence electrons. The van der Waals surface area contributed by atoms with E-state index in [0.717, 1.165) is 22.7 Å². The fraction of sp³-hybridized carbons (Fsp3) is 0.350. The number of hydrogen-bond donors (Lipinski definition) is 3. The van der Waals surface area contributed by atoms with E-state index in [2.05, 4.69) is 10.3 Å². The van der Waals surface area contributed by atoms with Gasteiger partial charge in [0.2, 0.25) is 5.91 Å². The van der Waals surface area contributed by atoms with E-state index < -0.39 is 23.6 Å². The minimum absolute atomic E-state index is 0.186. The molecule has 6 nitrogen and oxygen atoms in total. The molecule has 0 bridgehead atoms. The number of unbranched alkanes of at least 4 members (excludes halogenated alkanes) is 2. The summed E-state index contributed by atoms with van der Waals surface area (Å²) in [6.07, 6.45) is -0.802. The van der Waals surface area contributed by atoms with Gasteiger partial charge in [0.25, 0.3) is 5.91 Å². The van der Waals surface area contributed by atoms with Crippen molar-refractivity contribution < 1.29 is 28.0 Å². The van der Waals surface area contributed by atoms with Crippen molar-refractivity contribution in [3.63, 3.8) is 0 Å². The minimum atomic E-state index is -4.45. The number of benzene rings is 1. The fourth-order valence-corrected chi connectivity index (χ4v) is 3.37. The van der Waals surface area contributed by atoms with Crippen molar-refractivity contribution >= 4 is 34.8 Å². The number of carbonyl (C=O) groups is 2. The zero-order valence-corrected chi connectivity index (χ0v) is 17.1. The van der Waals surface area contributed by atoms with E-state index in [1.807, 2.05) is 0 Å². The lowest BCUT2D eigenvalue weighted by Gasteiger charge is -2.11. The van der Waals surface area contributed by atoms with Gasteiger partial charge in [0, 0.05) is 18.5 Å². The highest BCUT2D eigenvalue weighted by atomic mass is 32.1. The van der Waals surface area contributed by atoms with Crippen LogP contribution in [0.2, 0.25) is 0 Å². The third-order valence-electron chi connectivity index (χ3n) is 4.32. The van der Waals surface area contributed by atoms with E-state index in [0.29, 0.717) is 31.4 Å². The zero-order valence-electron chi connectivity index (χ0n) is 16.3. The van der Waals surface area contributed by atoms with Gasteiger partial charge in [-0.15, -0.1) is 11.3 Å². The van der Waals surface area contributed by atoms with Crippen molar-refractivity contribution in [1.82, 2.24) is 15.8 Å². The number of hydroxylamine groups is 1. The van der Waals surface area contributed by atoms with Crippen LogP contribution in [0.15, 0.2) is 29.8 Å². The van der Waals surface area contributed by atoms with Crippen LogP contribution in [0, 0.1) is 6.92 Å². The molecule has 0 fully saturated rings. The molecular formula is C20H22F3N3O3S. The van der Waals surface area contributed by atoms with Crippen molar-refractivity contribution in [2.75, 3.05) is 6.54 Å². The first-order valence-electron chi connectivity index (χ1n) is 9.23. The van der Waals surface area contributed by atoms with Gasteiger partial charge in [-0.1, -0.05) is 18.6 Å². The SMILES string of the molecule is Cc1ncsc1/C=C(/C(=O)NCCCCCC(=O)NO)c1ccc(C(F)(F)F)cc1. The van der Waals surface area contributed by atoms with E-state index in [1.54, 1.807) is 24.0 Å². The molecule has 0 aliphatic heterocycles. The number of thiazole rings is 1. The number of nitrogens with zero attached hydrogens (tertiary/aromatic N) is 1. The first-order chi connectivity index (χ1) is 14.2. The van der Waals surface area contributed by atoms with Gasteiger partial charge in [-0.25, -0.2) is 10.5 Å². The van der Waals surface area contributed by atoms with Crippen LogP contribution in [0.4, 0.5) is 13.2 Å². The fourth-order valence-electron chi connectivity index (χ4n) is 2.64. The molecule has 0 saturated carbocycles. The maximum atomic E-state index is 12.8. The molecule has 0 saturated heterocycles. The Kier molecular flexibility index (Phi) is 8.55. The summed E-state index contributed by atoms with van der Waals surface area (Å²) in [5.74, 6) is -0.873. The quantitative estimate of drug-likeness (QED) is 0.236. The predicted octanol–water partition coefficient (Wildman–Crippen LogP) is 4.19. The summed E-state index contributed by atoms with van der Waals surface area (Å²) in [7, 11) is 0. The number of rotatable bonds is 9. The first-order valence-corrected chi connectivity index (χ1v) is 10.1. The molecule has 1 aromatic carbocycles. The third kappa shape index (κ3) is 6.96. The van der Waals surface area contributed by atoms with Gasteiger partial charge in [-0.2, -0.15) is 13.2 Å². The smallest absolute Gasteiger partial charge is 0.352 e. The summed E-state index contributed by atoms with van der Waals surface area (Å²) in [6.45, 7) is 2.13. The van der Waals surface area contributed by atoms with Crippen LogP contribution in [-0.2, 0) is 15.8 Å². The molecule has 0 unspecified atom stereocenters. The van der Waals surface area contributed by atoms with Crippen LogP contribution in [0.25, 0.3) is 11.6 Å². The number of nitrogens with one attached hydrogen (secondary N) is 2. The number of halogens is 3. The van der Waals surface area contributed by atoms with E-state index in [-0.39, 0.29) is 12.0 Å². The van der Waals surface area contributed by atoms with E-state index in [9.17, 15) is 22.8 Å². The standard InChI is InChI=1S/C20H22F3N3O3S/c1-13-17(30-12-25-13)11-16(14-6-8-15(9-7-14)20(21,22)23)19(28)24-10-4-2-3-5-18(27)26-29/h6-9,11-12,29H,2-5,10H2,1H3,(H,24,28)(H,26,27)/b16-11+. The van der Waals surface area contributed by atoms with Gasteiger partial charge in [-0.05, 0) is 43.5 Å². The van der Waals surface area contributed by atoms with Gasteiger partial charge < -0.3 is 5.32 Å². The molecule has 0 radical (unpaired) electrons. The Balaban J connectivity index is 2.09. The number of hydrogen-bond acceptors (Lipinski definition) is 5. The second kappa shape index (κ2) is 10.9. The number of amides is 2. The second-order valence-electron chi connectivity index (χ2n) is 6.54. The summed E-state index contributed by atoms with van der Waals surface area (Å²) in [5.41, 5.74) is 3.74. The van der Waals surface area contributed by atoms with E-state index in [1.165, 1.54) is 23.5 Å². The van der Waals surface area contributed by atoms with Crippen LogP contribution in [0.5, 0.6) is 0 Å².